The van der Waals surface area contributed by atoms with Gasteiger partial charge in [0.05, 0.1) is 17.2 Å². The SMILES string of the molecule is C=CN=C(Nc1ccc(Oc2ccn3ccnc3c2)c(C)c1)c1cc(CO)sc1N. The fourth-order valence-corrected chi connectivity index (χ4v) is 3.83. The number of aliphatic hydroxyl groups excluding tert-OH is 1. The molecule has 0 fully saturated rings. The Kier molecular flexibility index (Phi) is 5.51. The van der Waals surface area contributed by atoms with Gasteiger partial charge in [-0.05, 0) is 42.8 Å². The number of nitrogens with zero attached hydrogens (tertiary/aromatic N) is 3. The summed E-state index contributed by atoms with van der Waals surface area (Å²) in [7, 11) is 0. The number of aliphatic hydroxyl groups is 1. The number of nitrogens with one attached hydrogen (secondary N) is 1. The molecule has 0 bridgehead atoms. The number of amidine groups is 1. The molecule has 0 radical (unpaired) electrons. The van der Waals surface area contributed by atoms with Gasteiger partial charge in [-0.1, -0.05) is 6.58 Å². The van der Waals surface area contributed by atoms with Crippen LogP contribution in [0.1, 0.15) is 16.0 Å². The first-order chi connectivity index (χ1) is 14.6. The van der Waals surface area contributed by atoms with Crippen molar-refractivity contribution in [3.05, 3.63) is 83.8 Å². The minimum absolute atomic E-state index is 0.0636. The number of fused-ring (bicyclic) bond motifs is 1. The van der Waals surface area contributed by atoms with Gasteiger partial charge in [-0.3, -0.25) is 0 Å². The van der Waals surface area contributed by atoms with E-state index in [0.717, 1.165) is 33.1 Å². The second kappa shape index (κ2) is 8.40. The monoisotopic (exact) mass is 419 g/mol. The molecular weight excluding hydrogens is 398 g/mol. The van der Waals surface area contributed by atoms with E-state index in [9.17, 15) is 5.11 Å². The average Bonchev–Trinajstić information content (AvgIpc) is 3.35. The van der Waals surface area contributed by atoms with E-state index in [0.29, 0.717) is 16.6 Å². The van der Waals surface area contributed by atoms with Gasteiger partial charge < -0.3 is 25.3 Å². The smallest absolute Gasteiger partial charge is 0.140 e. The number of hydrogen-bond donors (Lipinski definition) is 3. The van der Waals surface area contributed by atoms with E-state index in [1.54, 1.807) is 6.20 Å². The highest BCUT2D eigenvalue weighted by Gasteiger charge is 2.13. The van der Waals surface area contributed by atoms with Crippen LogP contribution in [0.25, 0.3) is 5.65 Å². The summed E-state index contributed by atoms with van der Waals surface area (Å²) in [5.74, 6) is 2.03. The molecular formula is C22H21N5O2S. The zero-order valence-electron chi connectivity index (χ0n) is 16.4. The minimum Gasteiger partial charge on any atom is -0.457 e. The molecule has 4 N–H and O–H groups in total. The number of nitrogens with two attached hydrogens (primary N) is 1. The Bertz CT molecular complexity index is 1240. The summed E-state index contributed by atoms with van der Waals surface area (Å²) in [6.45, 7) is 5.59. The molecule has 0 unspecified atom stereocenters. The first-order valence-corrected chi connectivity index (χ1v) is 10.1. The van der Waals surface area contributed by atoms with Crippen LogP contribution in [0.4, 0.5) is 10.7 Å². The fourth-order valence-electron chi connectivity index (χ4n) is 3.04. The first-order valence-electron chi connectivity index (χ1n) is 9.23. The normalized spacial score (nSPS) is 11.6. The topological polar surface area (TPSA) is 97.2 Å². The maximum atomic E-state index is 9.37. The number of aromatic nitrogens is 2. The van der Waals surface area contributed by atoms with Gasteiger partial charge in [0, 0.05) is 41.4 Å². The van der Waals surface area contributed by atoms with Crippen molar-refractivity contribution in [2.75, 3.05) is 11.1 Å². The van der Waals surface area contributed by atoms with Gasteiger partial charge in [0.1, 0.15) is 23.0 Å². The van der Waals surface area contributed by atoms with E-state index in [2.05, 4.69) is 21.9 Å². The number of imidazole rings is 1. The summed E-state index contributed by atoms with van der Waals surface area (Å²) < 4.78 is 7.96. The number of aliphatic imine (C=N–C) groups is 1. The third-order valence-electron chi connectivity index (χ3n) is 4.48. The Balaban J connectivity index is 1.56. The summed E-state index contributed by atoms with van der Waals surface area (Å²) in [6.07, 6.45) is 6.99. The number of anilines is 2. The molecule has 0 amide bonds. The number of pyridine rings is 1. The van der Waals surface area contributed by atoms with Crippen LogP contribution in [0.2, 0.25) is 0 Å². The van der Waals surface area contributed by atoms with Crippen LogP contribution in [0, 0.1) is 6.92 Å². The van der Waals surface area contributed by atoms with Gasteiger partial charge in [0.15, 0.2) is 0 Å². The molecule has 0 spiro atoms. The van der Waals surface area contributed by atoms with E-state index in [4.69, 9.17) is 10.5 Å². The van der Waals surface area contributed by atoms with Crippen molar-refractivity contribution in [3.63, 3.8) is 0 Å². The van der Waals surface area contributed by atoms with Crippen LogP contribution in [0.3, 0.4) is 0 Å². The maximum absolute atomic E-state index is 9.37. The van der Waals surface area contributed by atoms with Crippen molar-refractivity contribution < 1.29 is 9.84 Å². The zero-order valence-corrected chi connectivity index (χ0v) is 17.2. The second-order valence-electron chi connectivity index (χ2n) is 6.57. The minimum atomic E-state index is -0.0636. The van der Waals surface area contributed by atoms with Crippen molar-refractivity contribution >= 4 is 33.5 Å². The molecule has 0 aliphatic carbocycles. The highest BCUT2D eigenvalue weighted by atomic mass is 32.1. The van der Waals surface area contributed by atoms with Gasteiger partial charge in [-0.15, -0.1) is 11.3 Å². The zero-order chi connectivity index (χ0) is 21.1. The molecule has 0 aliphatic rings. The van der Waals surface area contributed by atoms with Crippen molar-refractivity contribution in [1.29, 1.82) is 0 Å². The molecule has 0 saturated carbocycles. The van der Waals surface area contributed by atoms with Crippen LogP contribution in [0.5, 0.6) is 11.5 Å². The number of hydrogen-bond acceptors (Lipinski definition) is 6. The molecule has 8 heteroatoms. The summed E-state index contributed by atoms with van der Waals surface area (Å²) in [4.78, 5) is 9.37. The largest absolute Gasteiger partial charge is 0.457 e. The van der Waals surface area contributed by atoms with E-state index in [1.165, 1.54) is 17.5 Å². The lowest BCUT2D eigenvalue weighted by Crippen LogP contribution is -2.14. The summed E-state index contributed by atoms with van der Waals surface area (Å²) >= 11 is 1.33. The maximum Gasteiger partial charge on any atom is 0.140 e. The Hall–Kier alpha value is -3.62. The predicted molar refractivity (Wildman–Crippen MR) is 121 cm³/mol. The van der Waals surface area contributed by atoms with Crippen LogP contribution >= 0.6 is 11.3 Å². The highest BCUT2D eigenvalue weighted by Crippen LogP contribution is 2.30. The van der Waals surface area contributed by atoms with Crippen LogP contribution in [0.15, 0.2) is 72.8 Å². The summed E-state index contributed by atoms with van der Waals surface area (Å²) in [5, 5.41) is 13.2. The van der Waals surface area contributed by atoms with Gasteiger partial charge in [-0.2, -0.15) is 0 Å². The molecule has 0 aliphatic heterocycles. The molecule has 3 heterocycles. The molecule has 3 aromatic heterocycles. The molecule has 1 aromatic carbocycles. The third kappa shape index (κ3) is 4.05. The number of aryl methyl sites for hydroxylation is 1. The Morgan fingerprint density at radius 2 is 2.20 bits per heavy atom. The predicted octanol–water partition coefficient (Wildman–Crippen LogP) is 4.57. The van der Waals surface area contributed by atoms with Gasteiger partial charge >= 0.3 is 0 Å². The van der Waals surface area contributed by atoms with E-state index < -0.39 is 0 Å². The molecule has 4 rings (SSSR count). The number of rotatable bonds is 6. The quantitative estimate of drug-likeness (QED) is 0.314. The van der Waals surface area contributed by atoms with Crippen molar-refractivity contribution in [1.82, 2.24) is 9.38 Å². The van der Waals surface area contributed by atoms with Crippen LogP contribution in [-0.4, -0.2) is 20.3 Å². The Morgan fingerprint density at radius 3 is 2.93 bits per heavy atom. The molecule has 0 saturated heterocycles. The number of ether oxygens (including phenoxy) is 1. The van der Waals surface area contributed by atoms with Gasteiger partial charge in [0.2, 0.25) is 0 Å². The molecule has 7 nitrogen and oxygen atoms in total. The van der Waals surface area contributed by atoms with Crippen molar-refractivity contribution in [2.45, 2.75) is 13.5 Å². The highest BCUT2D eigenvalue weighted by molar-refractivity contribution is 7.16. The molecule has 30 heavy (non-hydrogen) atoms. The van der Waals surface area contributed by atoms with E-state index >= 15 is 0 Å². The first kappa shape index (κ1) is 19.7. The Labute approximate surface area is 177 Å². The standard InChI is InChI=1S/C22H21N5O2S/c1-3-24-22(18-12-17(13-28)30-21(18)23)26-15-4-5-19(14(2)10-15)29-16-6-8-27-9-7-25-20(27)11-16/h3-12,28H,1,13,23H2,2H3,(H,24,26). The van der Waals surface area contributed by atoms with E-state index in [1.807, 2.05) is 60.1 Å². The lowest BCUT2D eigenvalue weighted by molar-refractivity contribution is 0.285. The van der Waals surface area contributed by atoms with Crippen LogP contribution < -0.4 is 15.8 Å². The molecule has 152 valence electrons. The van der Waals surface area contributed by atoms with Crippen LogP contribution in [-0.2, 0) is 6.61 Å². The van der Waals surface area contributed by atoms with Gasteiger partial charge in [-0.25, -0.2) is 9.98 Å². The fraction of sp³-hybridized carbons (Fsp3) is 0.0909. The van der Waals surface area contributed by atoms with E-state index in [-0.39, 0.29) is 6.61 Å². The van der Waals surface area contributed by atoms with Gasteiger partial charge in [0.25, 0.3) is 0 Å². The lowest BCUT2D eigenvalue weighted by atomic mass is 10.2. The summed E-state index contributed by atoms with van der Waals surface area (Å²) in [6, 6.07) is 11.4. The molecule has 0 atom stereocenters. The average molecular weight is 420 g/mol. The molecule has 4 aromatic rings. The van der Waals surface area contributed by atoms with Crippen molar-refractivity contribution in [2.24, 2.45) is 4.99 Å². The van der Waals surface area contributed by atoms with Crippen molar-refractivity contribution in [3.8, 4) is 11.5 Å². The summed E-state index contributed by atoms with van der Waals surface area (Å²) in [5.41, 5.74) is 9.44. The number of benzene rings is 1. The second-order valence-corrected chi connectivity index (χ2v) is 7.74. The Morgan fingerprint density at radius 1 is 1.33 bits per heavy atom. The lowest BCUT2D eigenvalue weighted by Gasteiger charge is -2.13. The third-order valence-corrected chi connectivity index (χ3v) is 5.43. The number of thiophene rings is 1. The number of nitrogen functional groups attached to an aromatic ring is 1.